The van der Waals surface area contributed by atoms with Gasteiger partial charge in [0.25, 0.3) is 0 Å². The van der Waals surface area contributed by atoms with E-state index in [0.717, 1.165) is 13.2 Å². The third-order valence-corrected chi connectivity index (χ3v) is 1.41. The molecule has 0 bridgehead atoms. The molecular formula is C12H18O3. The first kappa shape index (κ1) is 13.7. The van der Waals surface area contributed by atoms with Crippen LogP contribution in [0.25, 0.3) is 0 Å². The zero-order valence-electron chi connectivity index (χ0n) is 9.53. The molecule has 0 heterocycles. The molecule has 3 heteroatoms. The van der Waals surface area contributed by atoms with Crippen LogP contribution >= 0.6 is 0 Å². The average molecular weight is 210 g/mol. The van der Waals surface area contributed by atoms with Crippen LogP contribution in [-0.4, -0.2) is 19.2 Å². The maximum Gasteiger partial charge on any atom is 0.308 e. The summed E-state index contributed by atoms with van der Waals surface area (Å²) in [5.74, 6) is 0.307. The smallest absolute Gasteiger partial charge is 0.308 e. The standard InChI is InChI=1S/C8H8O2.C4H10O/c1-7(9)10-8-5-3-2-4-6-8;1-3-5-4-2/h2-6H,1H3;3-4H2,1-2H3. The molecule has 15 heavy (non-hydrogen) atoms. The highest BCUT2D eigenvalue weighted by Crippen LogP contribution is 2.07. The van der Waals surface area contributed by atoms with E-state index in [2.05, 4.69) is 0 Å². The number of ether oxygens (including phenoxy) is 2. The van der Waals surface area contributed by atoms with Gasteiger partial charge in [-0.25, -0.2) is 0 Å². The van der Waals surface area contributed by atoms with Gasteiger partial charge in [0.05, 0.1) is 0 Å². The molecular weight excluding hydrogens is 192 g/mol. The summed E-state index contributed by atoms with van der Waals surface area (Å²) in [6.07, 6.45) is 0. The third-order valence-electron chi connectivity index (χ3n) is 1.41. The van der Waals surface area contributed by atoms with Crippen molar-refractivity contribution in [1.82, 2.24) is 0 Å². The van der Waals surface area contributed by atoms with Gasteiger partial charge >= 0.3 is 5.97 Å². The molecule has 0 aliphatic rings. The van der Waals surface area contributed by atoms with Crippen LogP contribution in [0.5, 0.6) is 5.75 Å². The third kappa shape index (κ3) is 8.97. The summed E-state index contributed by atoms with van der Waals surface area (Å²) in [6.45, 7) is 7.05. The zero-order valence-corrected chi connectivity index (χ0v) is 9.53. The lowest BCUT2D eigenvalue weighted by Crippen LogP contribution is -2.00. The molecule has 0 aliphatic heterocycles. The number of para-hydroxylation sites is 1. The van der Waals surface area contributed by atoms with E-state index in [1.807, 2.05) is 32.0 Å². The molecule has 0 aromatic heterocycles. The lowest BCUT2D eigenvalue weighted by molar-refractivity contribution is -0.131. The fourth-order valence-corrected chi connectivity index (χ4v) is 0.859. The van der Waals surface area contributed by atoms with Crippen molar-refractivity contribution < 1.29 is 14.3 Å². The molecule has 0 N–H and O–H groups in total. The van der Waals surface area contributed by atoms with Crippen molar-refractivity contribution in [3.63, 3.8) is 0 Å². The highest BCUT2D eigenvalue weighted by atomic mass is 16.5. The van der Waals surface area contributed by atoms with Crippen molar-refractivity contribution in [2.24, 2.45) is 0 Å². The topological polar surface area (TPSA) is 35.5 Å². The van der Waals surface area contributed by atoms with Gasteiger partial charge in [-0.15, -0.1) is 0 Å². The summed E-state index contributed by atoms with van der Waals surface area (Å²) < 4.78 is 9.61. The molecule has 0 radical (unpaired) electrons. The van der Waals surface area contributed by atoms with E-state index in [1.54, 1.807) is 12.1 Å². The van der Waals surface area contributed by atoms with Crippen molar-refractivity contribution in [2.75, 3.05) is 13.2 Å². The molecule has 3 nitrogen and oxygen atoms in total. The van der Waals surface area contributed by atoms with E-state index in [1.165, 1.54) is 6.92 Å². The summed E-state index contributed by atoms with van der Waals surface area (Å²) >= 11 is 0. The lowest BCUT2D eigenvalue weighted by Gasteiger charge is -1.97. The maximum absolute atomic E-state index is 10.4. The summed E-state index contributed by atoms with van der Waals surface area (Å²) in [5.41, 5.74) is 0. The second-order valence-corrected chi connectivity index (χ2v) is 2.69. The summed E-state index contributed by atoms with van der Waals surface area (Å²) in [6, 6.07) is 8.98. The van der Waals surface area contributed by atoms with Crippen molar-refractivity contribution in [2.45, 2.75) is 20.8 Å². The van der Waals surface area contributed by atoms with E-state index in [-0.39, 0.29) is 5.97 Å². The van der Waals surface area contributed by atoms with Crippen LogP contribution in [0.1, 0.15) is 20.8 Å². The minimum absolute atomic E-state index is 0.286. The van der Waals surface area contributed by atoms with E-state index in [4.69, 9.17) is 9.47 Å². The summed E-state index contributed by atoms with van der Waals surface area (Å²) in [5, 5.41) is 0. The van der Waals surface area contributed by atoms with Crippen LogP contribution in [0.2, 0.25) is 0 Å². The quantitative estimate of drug-likeness (QED) is 0.568. The lowest BCUT2D eigenvalue weighted by atomic mass is 10.3. The molecule has 0 unspecified atom stereocenters. The Morgan fingerprint density at radius 3 is 2.00 bits per heavy atom. The molecule has 0 amide bonds. The molecule has 1 aromatic carbocycles. The molecule has 0 saturated heterocycles. The fraction of sp³-hybridized carbons (Fsp3) is 0.417. The minimum Gasteiger partial charge on any atom is -0.427 e. The Kier molecular flexibility index (Phi) is 8.39. The van der Waals surface area contributed by atoms with Gasteiger partial charge in [0, 0.05) is 20.1 Å². The summed E-state index contributed by atoms with van der Waals surface area (Å²) in [4.78, 5) is 10.4. The van der Waals surface area contributed by atoms with Gasteiger partial charge in [0.2, 0.25) is 0 Å². The first-order chi connectivity index (χ1) is 7.20. The summed E-state index contributed by atoms with van der Waals surface area (Å²) in [7, 11) is 0. The highest BCUT2D eigenvalue weighted by Gasteiger charge is 1.92. The van der Waals surface area contributed by atoms with E-state index < -0.39 is 0 Å². The first-order valence-corrected chi connectivity index (χ1v) is 5.01. The Labute approximate surface area is 91.0 Å². The van der Waals surface area contributed by atoms with E-state index >= 15 is 0 Å². The fourth-order valence-electron chi connectivity index (χ4n) is 0.859. The highest BCUT2D eigenvalue weighted by molar-refractivity contribution is 5.69. The second kappa shape index (κ2) is 9.21. The van der Waals surface area contributed by atoms with Gasteiger partial charge < -0.3 is 9.47 Å². The number of rotatable bonds is 3. The molecule has 0 saturated carbocycles. The van der Waals surface area contributed by atoms with Gasteiger partial charge in [0.1, 0.15) is 5.75 Å². The van der Waals surface area contributed by atoms with Crippen LogP contribution in [0.3, 0.4) is 0 Å². The molecule has 84 valence electrons. The molecule has 0 spiro atoms. The van der Waals surface area contributed by atoms with Gasteiger partial charge in [-0.3, -0.25) is 4.79 Å². The predicted octanol–water partition coefficient (Wildman–Crippen LogP) is 2.65. The largest absolute Gasteiger partial charge is 0.427 e. The van der Waals surface area contributed by atoms with Gasteiger partial charge in [-0.2, -0.15) is 0 Å². The number of esters is 1. The van der Waals surface area contributed by atoms with Crippen LogP contribution in [-0.2, 0) is 9.53 Å². The van der Waals surface area contributed by atoms with E-state index in [9.17, 15) is 4.79 Å². The van der Waals surface area contributed by atoms with Gasteiger partial charge in [0.15, 0.2) is 0 Å². The number of carbonyl (C=O) groups excluding carboxylic acids is 1. The maximum atomic E-state index is 10.4. The van der Waals surface area contributed by atoms with Crippen molar-refractivity contribution >= 4 is 5.97 Å². The number of hydrogen-bond acceptors (Lipinski definition) is 3. The van der Waals surface area contributed by atoms with Crippen molar-refractivity contribution in [3.05, 3.63) is 30.3 Å². The van der Waals surface area contributed by atoms with Gasteiger partial charge in [-0.1, -0.05) is 18.2 Å². The zero-order chi connectivity index (χ0) is 11.5. The van der Waals surface area contributed by atoms with Crippen LogP contribution in [0.4, 0.5) is 0 Å². The number of benzene rings is 1. The Morgan fingerprint density at radius 2 is 1.67 bits per heavy atom. The average Bonchev–Trinajstić information content (AvgIpc) is 2.20. The van der Waals surface area contributed by atoms with Gasteiger partial charge in [-0.05, 0) is 26.0 Å². The monoisotopic (exact) mass is 210 g/mol. The minimum atomic E-state index is -0.286. The normalized spacial score (nSPS) is 8.73. The Balaban J connectivity index is 0.000000336. The van der Waals surface area contributed by atoms with Crippen molar-refractivity contribution in [3.8, 4) is 5.75 Å². The molecule has 0 fully saturated rings. The Hall–Kier alpha value is -1.35. The SMILES string of the molecule is CC(=O)Oc1ccccc1.CCOCC. The van der Waals surface area contributed by atoms with Crippen LogP contribution in [0.15, 0.2) is 30.3 Å². The van der Waals surface area contributed by atoms with E-state index in [0.29, 0.717) is 5.75 Å². The molecule has 0 aliphatic carbocycles. The van der Waals surface area contributed by atoms with Crippen LogP contribution < -0.4 is 4.74 Å². The molecule has 0 atom stereocenters. The Bertz CT molecular complexity index is 255. The van der Waals surface area contributed by atoms with Crippen LogP contribution in [0, 0.1) is 0 Å². The first-order valence-electron chi connectivity index (χ1n) is 5.01. The predicted molar refractivity (Wildman–Crippen MR) is 59.9 cm³/mol. The molecule has 1 rings (SSSR count). The van der Waals surface area contributed by atoms with Crippen molar-refractivity contribution in [1.29, 1.82) is 0 Å². The molecule has 1 aromatic rings. The number of hydrogen-bond donors (Lipinski definition) is 0. The second-order valence-electron chi connectivity index (χ2n) is 2.69. The number of carbonyl (C=O) groups is 1. The Morgan fingerprint density at radius 1 is 1.13 bits per heavy atom.